The molecule has 0 atom stereocenters. The second-order valence-corrected chi connectivity index (χ2v) is 3.97. The van der Waals surface area contributed by atoms with Crippen molar-refractivity contribution in [3.05, 3.63) is 42.0 Å². The van der Waals surface area contributed by atoms with Gasteiger partial charge in [0.15, 0.2) is 11.6 Å². The minimum atomic E-state index is -0.524. The Balaban J connectivity index is 2.56. The molecule has 0 amide bonds. The molecule has 2 rings (SSSR count). The van der Waals surface area contributed by atoms with Gasteiger partial charge in [0.05, 0.1) is 24.3 Å². The summed E-state index contributed by atoms with van der Waals surface area (Å²) in [4.78, 5) is 11.7. The lowest BCUT2D eigenvalue weighted by atomic mass is 10.0. The number of halogens is 2. The number of nitrogens with zero attached hydrogens (tertiary/aromatic N) is 3. The number of hydrogen-bond acceptors (Lipinski definition) is 3. The van der Waals surface area contributed by atoms with Gasteiger partial charge >= 0.3 is 0 Å². The molecule has 0 aliphatic carbocycles. The molecule has 0 aromatic carbocycles. The van der Waals surface area contributed by atoms with Crippen LogP contribution in [0.3, 0.4) is 0 Å². The molecule has 2 heterocycles. The summed E-state index contributed by atoms with van der Waals surface area (Å²) in [7, 11) is 0. The zero-order valence-corrected chi connectivity index (χ0v) is 9.48. The van der Waals surface area contributed by atoms with E-state index in [2.05, 4.69) is 15.0 Å². The topological polar surface area (TPSA) is 38.7 Å². The van der Waals surface area contributed by atoms with E-state index in [1.54, 1.807) is 0 Å². The van der Waals surface area contributed by atoms with Gasteiger partial charge in [-0.15, -0.1) is 0 Å². The molecular weight excluding hydrogens is 224 g/mol. The summed E-state index contributed by atoms with van der Waals surface area (Å²) in [5.41, 5.74) is 1.19. The van der Waals surface area contributed by atoms with Gasteiger partial charge in [-0.05, 0) is 12.0 Å². The van der Waals surface area contributed by atoms with Gasteiger partial charge in [-0.25, -0.2) is 18.7 Å². The van der Waals surface area contributed by atoms with Crippen LogP contribution in [0, 0.1) is 11.6 Å². The van der Waals surface area contributed by atoms with Gasteiger partial charge in [-0.1, -0.05) is 13.8 Å². The number of rotatable bonds is 2. The fraction of sp³-hybridized carbons (Fsp3) is 0.250. The van der Waals surface area contributed by atoms with E-state index >= 15 is 0 Å². The van der Waals surface area contributed by atoms with Gasteiger partial charge in [-0.2, -0.15) is 0 Å². The van der Waals surface area contributed by atoms with Crippen molar-refractivity contribution < 1.29 is 8.78 Å². The van der Waals surface area contributed by atoms with Crippen molar-refractivity contribution in [1.82, 2.24) is 15.0 Å². The third kappa shape index (κ3) is 2.43. The van der Waals surface area contributed by atoms with Crippen LogP contribution in [0.15, 0.2) is 24.7 Å². The van der Waals surface area contributed by atoms with Crippen LogP contribution in [0.4, 0.5) is 8.78 Å². The molecule has 0 saturated heterocycles. The second-order valence-electron chi connectivity index (χ2n) is 3.97. The molecule has 0 spiro atoms. The van der Waals surface area contributed by atoms with Crippen LogP contribution >= 0.6 is 0 Å². The van der Waals surface area contributed by atoms with Gasteiger partial charge < -0.3 is 0 Å². The Morgan fingerprint density at radius 1 is 0.941 bits per heavy atom. The Kier molecular flexibility index (Phi) is 3.08. The SMILES string of the molecule is CC(C)c1ncc(F)cc1-c1ncc(F)cn1. The van der Waals surface area contributed by atoms with Gasteiger partial charge in [-0.3, -0.25) is 4.98 Å². The van der Waals surface area contributed by atoms with E-state index in [-0.39, 0.29) is 11.7 Å². The van der Waals surface area contributed by atoms with Crippen molar-refractivity contribution in [1.29, 1.82) is 0 Å². The Hall–Kier alpha value is -1.91. The quantitative estimate of drug-likeness (QED) is 0.803. The van der Waals surface area contributed by atoms with E-state index in [4.69, 9.17) is 0 Å². The van der Waals surface area contributed by atoms with E-state index in [0.717, 1.165) is 18.6 Å². The van der Waals surface area contributed by atoms with Crippen LogP contribution in [0.5, 0.6) is 0 Å². The molecule has 2 aromatic heterocycles. The molecule has 17 heavy (non-hydrogen) atoms. The highest BCUT2D eigenvalue weighted by Gasteiger charge is 2.13. The van der Waals surface area contributed by atoms with Crippen LogP contribution in [-0.4, -0.2) is 15.0 Å². The number of pyridine rings is 1. The maximum Gasteiger partial charge on any atom is 0.161 e. The summed E-state index contributed by atoms with van der Waals surface area (Å²) in [6.45, 7) is 3.88. The molecular formula is C12H11F2N3. The highest BCUT2D eigenvalue weighted by molar-refractivity contribution is 5.58. The van der Waals surface area contributed by atoms with Gasteiger partial charge in [0, 0.05) is 5.56 Å². The van der Waals surface area contributed by atoms with Gasteiger partial charge in [0.25, 0.3) is 0 Å². The molecule has 0 aliphatic rings. The highest BCUT2D eigenvalue weighted by Crippen LogP contribution is 2.25. The maximum atomic E-state index is 13.2. The third-order valence-electron chi connectivity index (χ3n) is 2.29. The average molecular weight is 235 g/mol. The molecule has 0 fully saturated rings. The lowest BCUT2D eigenvalue weighted by molar-refractivity contribution is 0.612. The van der Waals surface area contributed by atoms with Gasteiger partial charge in [0.1, 0.15) is 5.82 Å². The van der Waals surface area contributed by atoms with Crippen LogP contribution in [0.1, 0.15) is 25.5 Å². The lowest BCUT2D eigenvalue weighted by Gasteiger charge is -2.10. The molecule has 0 radical (unpaired) electrons. The summed E-state index contributed by atoms with van der Waals surface area (Å²) in [6.07, 6.45) is 3.26. The van der Waals surface area contributed by atoms with Crippen molar-refractivity contribution in [3.8, 4) is 11.4 Å². The molecule has 0 saturated carbocycles. The number of aromatic nitrogens is 3. The third-order valence-corrected chi connectivity index (χ3v) is 2.29. The standard InChI is InChI=1S/C12H11F2N3/c1-7(2)11-10(3-8(13)4-15-11)12-16-5-9(14)6-17-12/h3-7H,1-2H3. The summed E-state index contributed by atoms with van der Waals surface area (Å²) < 4.78 is 25.9. The van der Waals surface area contributed by atoms with Crippen molar-refractivity contribution in [2.75, 3.05) is 0 Å². The average Bonchev–Trinajstić information content (AvgIpc) is 2.29. The summed E-state index contributed by atoms with van der Waals surface area (Å²) in [5.74, 6) is -0.595. The summed E-state index contributed by atoms with van der Waals surface area (Å²) >= 11 is 0. The molecule has 2 aromatic rings. The van der Waals surface area contributed by atoms with Crippen molar-refractivity contribution in [3.63, 3.8) is 0 Å². The summed E-state index contributed by atoms with van der Waals surface area (Å²) in [5, 5.41) is 0. The predicted molar refractivity (Wildman–Crippen MR) is 59.3 cm³/mol. The van der Waals surface area contributed by atoms with Gasteiger partial charge in [0.2, 0.25) is 0 Å². The normalized spacial score (nSPS) is 10.9. The zero-order chi connectivity index (χ0) is 12.4. The van der Waals surface area contributed by atoms with Crippen LogP contribution in [0.25, 0.3) is 11.4 Å². The van der Waals surface area contributed by atoms with Crippen LogP contribution in [-0.2, 0) is 0 Å². The first-order valence-corrected chi connectivity index (χ1v) is 5.21. The molecule has 3 nitrogen and oxygen atoms in total. The lowest BCUT2D eigenvalue weighted by Crippen LogP contribution is -2.00. The minimum Gasteiger partial charge on any atom is -0.257 e. The molecule has 0 N–H and O–H groups in total. The first-order chi connectivity index (χ1) is 8.08. The fourth-order valence-corrected chi connectivity index (χ4v) is 1.54. The molecule has 0 unspecified atom stereocenters. The Morgan fingerprint density at radius 2 is 1.53 bits per heavy atom. The van der Waals surface area contributed by atoms with Crippen LogP contribution < -0.4 is 0 Å². The van der Waals surface area contributed by atoms with E-state index in [1.807, 2.05) is 13.8 Å². The molecule has 0 aliphatic heterocycles. The molecule has 88 valence electrons. The van der Waals surface area contributed by atoms with E-state index in [9.17, 15) is 8.78 Å². The first-order valence-electron chi connectivity index (χ1n) is 5.21. The highest BCUT2D eigenvalue weighted by atomic mass is 19.1. The van der Waals surface area contributed by atoms with E-state index in [0.29, 0.717) is 11.3 Å². The first kappa shape index (κ1) is 11.6. The minimum absolute atomic E-state index is 0.110. The molecule has 0 bridgehead atoms. The Labute approximate surface area is 97.6 Å². The second kappa shape index (κ2) is 4.53. The van der Waals surface area contributed by atoms with E-state index in [1.165, 1.54) is 6.07 Å². The monoisotopic (exact) mass is 235 g/mol. The predicted octanol–water partition coefficient (Wildman–Crippen LogP) is 2.94. The fourth-order valence-electron chi connectivity index (χ4n) is 1.54. The summed E-state index contributed by atoms with van der Waals surface area (Å²) in [6, 6.07) is 1.32. The zero-order valence-electron chi connectivity index (χ0n) is 9.48. The van der Waals surface area contributed by atoms with Crippen LogP contribution in [0.2, 0.25) is 0 Å². The Morgan fingerprint density at radius 3 is 2.12 bits per heavy atom. The van der Waals surface area contributed by atoms with Crippen molar-refractivity contribution in [2.45, 2.75) is 19.8 Å². The molecule has 5 heteroatoms. The smallest absolute Gasteiger partial charge is 0.161 e. The maximum absolute atomic E-state index is 13.2. The number of hydrogen-bond donors (Lipinski definition) is 0. The Bertz CT molecular complexity index is 524. The largest absolute Gasteiger partial charge is 0.257 e. The van der Waals surface area contributed by atoms with Crippen molar-refractivity contribution in [2.24, 2.45) is 0 Å². The van der Waals surface area contributed by atoms with E-state index < -0.39 is 11.6 Å². The van der Waals surface area contributed by atoms with Crippen molar-refractivity contribution >= 4 is 0 Å².